The summed E-state index contributed by atoms with van der Waals surface area (Å²) in [6.45, 7) is 2.30. The van der Waals surface area contributed by atoms with Crippen molar-refractivity contribution in [3.05, 3.63) is 16.4 Å². The number of anilines is 2. The zero-order chi connectivity index (χ0) is 15.3. The summed E-state index contributed by atoms with van der Waals surface area (Å²) >= 11 is 0. The van der Waals surface area contributed by atoms with Crippen molar-refractivity contribution >= 4 is 23.2 Å². The molecule has 20 heavy (non-hydrogen) atoms. The minimum atomic E-state index is -0.552. The molecule has 1 amide bonds. The number of hydrogen-bond donors (Lipinski definition) is 1. The number of aromatic nitrogens is 2. The van der Waals surface area contributed by atoms with Crippen LogP contribution in [0.3, 0.4) is 0 Å². The van der Waals surface area contributed by atoms with Crippen molar-refractivity contribution in [1.82, 2.24) is 14.9 Å². The van der Waals surface area contributed by atoms with E-state index in [0.717, 1.165) is 0 Å². The van der Waals surface area contributed by atoms with E-state index in [0.29, 0.717) is 6.54 Å². The number of amides is 1. The summed E-state index contributed by atoms with van der Waals surface area (Å²) in [5, 5.41) is 14.0. The van der Waals surface area contributed by atoms with Crippen LogP contribution in [0.1, 0.15) is 6.92 Å². The number of carbonyl (C=O) groups excluding carboxylic acids is 1. The smallest absolute Gasteiger partial charge is 0.353 e. The number of rotatable bonds is 6. The highest BCUT2D eigenvalue weighted by atomic mass is 16.6. The molecule has 1 aromatic rings. The maximum absolute atomic E-state index is 11.7. The lowest BCUT2D eigenvalue weighted by Gasteiger charge is -2.20. The summed E-state index contributed by atoms with van der Waals surface area (Å²) in [6.07, 6.45) is 1.23. The molecule has 0 saturated heterocycles. The van der Waals surface area contributed by atoms with Crippen LogP contribution in [0, 0.1) is 10.1 Å². The molecule has 0 unspecified atom stereocenters. The van der Waals surface area contributed by atoms with Crippen LogP contribution >= 0.6 is 0 Å². The van der Waals surface area contributed by atoms with Crippen LogP contribution < -0.4 is 10.2 Å². The van der Waals surface area contributed by atoms with Gasteiger partial charge in [0.25, 0.3) is 0 Å². The summed E-state index contributed by atoms with van der Waals surface area (Å²) in [7, 11) is 4.82. The molecular weight excluding hydrogens is 264 g/mol. The van der Waals surface area contributed by atoms with Gasteiger partial charge in [0.05, 0.1) is 11.5 Å². The number of carbonyl (C=O) groups is 1. The predicted octanol–water partition coefficient (Wildman–Crippen LogP) is 0.341. The van der Waals surface area contributed by atoms with Crippen LogP contribution in [-0.4, -0.2) is 59.9 Å². The van der Waals surface area contributed by atoms with Gasteiger partial charge in [0, 0.05) is 27.7 Å². The van der Waals surface area contributed by atoms with Gasteiger partial charge in [0.15, 0.2) is 0 Å². The molecule has 0 fully saturated rings. The van der Waals surface area contributed by atoms with Crippen molar-refractivity contribution in [3.63, 3.8) is 0 Å². The van der Waals surface area contributed by atoms with Crippen LogP contribution in [0.15, 0.2) is 6.33 Å². The SMILES string of the molecule is CCNc1ncnc(N(C)CC(=O)N(C)C)c1[N+](=O)[O-]. The van der Waals surface area contributed by atoms with Gasteiger partial charge in [-0.3, -0.25) is 14.9 Å². The third kappa shape index (κ3) is 3.53. The Morgan fingerprint density at radius 3 is 2.55 bits per heavy atom. The molecule has 0 radical (unpaired) electrons. The van der Waals surface area contributed by atoms with Crippen LogP contribution in [0.5, 0.6) is 0 Å². The molecule has 0 aliphatic carbocycles. The average molecular weight is 282 g/mol. The third-order valence-electron chi connectivity index (χ3n) is 2.56. The predicted molar refractivity (Wildman–Crippen MR) is 74.8 cm³/mol. The second-order valence-electron chi connectivity index (χ2n) is 4.33. The van der Waals surface area contributed by atoms with E-state index in [9.17, 15) is 14.9 Å². The minimum Gasteiger partial charge on any atom is -0.364 e. The first-order valence-electron chi connectivity index (χ1n) is 6.03. The number of likely N-dealkylation sites (N-methyl/N-ethyl adjacent to an activating group) is 2. The quantitative estimate of drug-likeness (QED) is 0.592. The van der Waals surface area contributed by atoms with Crippen LogP contribution in [0.2, 0.25) is 0 Å². The average Bonchev–Trinajstić information content (AvgIpc) is 2.38. The number of nitrogens with one attached hydrogen (secondary N) is 1. The molecule has 1 aromatic heterocycles. The highest BCUT2D eigenvalue weighted by molar-refractivity contribution is 5.82. The highest BCUT2D eigenvalue weighted by Gasteiger charge is 2.26. The van der Waals surface area contributed by atoms with Crippen molar-refractivity contribution in [2.45, 2.75) is 6.92 Å². The zero-order valence-corrected chi connectivity index (χ0v) is 12.0. The lowest BCUT2D eigenvalue weighted by atomic mass is 10.3. The van der Waals surface area contributed by atoms with Gasteiger partial charge in [0.2, 0.25) is 17.5 Å². The first kappa shape index (κ1) is 15.6. The maximum atomic E-state index is 11.7. The standard InChI is InChI=1S/C11H18N6O3/c1-5-12-10-9(17(19)20)11(14-7-13-10)16(4)6-8(18)15(2)3/h7H,5-6H2,1-4H3,(H,12,13,14). The summed E-state index contributed by atoms with van der Waals surface area (Å²) < 4.78 is 0. The molecule has 1 N–H and O–H groups in total. The molecule has 0 aliphatic rings. The fourth-order valence-corrected chi connectivity index (χ4v) is 1.53. The van der Waals surface area contributed by atoms with Crippen molar-refractivity contribution in [3.8, 4) is 0 Å². The second-order valence-corrected chi connectivity index (χ2v) is 4.33. The van der Waals surface area contributed by atoms with E-state index in [1.165, 1.54) is 16.1 Å². The lowest BCUT2D eigenvalue weighted by molar-refractivity contribution is -0.383. The van der Waals surface area contributed by atoms with E-state index in [1.54, 1.807) is 21.1 Å². The number of nitro groups is 1. The summed E-state index contributed by atoms with van der Waals surface area (Å²) in [5.74, 6) is 0.0770. The minimum absolute atomic E-state index is 0.00355. The van der Waals surface area contributed by atoms with E-state index < -0.39 is 4.92 Å². The normalized spacial score (nSPS) is 10.0. The van der Waals surface area contributed by atoms with Gasteiger partial charge in [0.1, 0.15) is 6.33 Å². The summed E-state index contributed by atoms with van der Waals surface area (Å²) in [4.78, 5) is 33.0. The molecule has 9 heteroatoms. The summed E-state index contributed by atoms with van der Waals surface area (Å²) in [6, 6.07) is 0. The van der Waals surface area contributed by atoms with E-state index >= 15 is 0 Å². The van der Waals surface area contributed by atoms with Crippen LogP contribution in [-0.2, 0) is 4.79 Å². The van der Waals surface area contributed by atoms with Crippen molar-refractivity contribution in [2.24, 2.45) is 0 Å². The molecular formula is C11H18N6O3. The molecule has 0 saturated carbocycles. The topological polar surface area (TPSA) is 104 Å². The third-order valence-corrected chi connectivity index (χ3v) is 2.56. The van der Waals surface area contributed by atoms with Gasteiger partial charge in [-0.1, -0.05) is 0 Å². The molecule has 0 atom stereocenters. The molecule has 1 rings (SSSR count). The highest BCUT2D eigenvalue weighted by Crippen LogP contribution is 2.30. The Kier molecular flexibility index (Phi) is 5.18. The Labute approximate surface area is 116 Å². The molecule has 1 heterocycles. The number of nitrogens with zero attached hydrogens (tertiary/aromatic N) is 5. The second kappa shape index (κ2) is 6.64. The Hall–Kier alpha value is -2.45. The van der Waals surface area contributed by atoms with E-state index in [-0.39, 0.29) is 29.8 Å². The van der Waals surface area contributed by atoms with E-state index in [1.807, 2.05) is 6.92 Å². The van der Waals surface area contributed by atoms with E-state index in [4.69, 9.17) is 0 Å². The van der Waals surface area contributed by atoms with Crippen molar-refractivity contribution in [2.75, 3.05) is 44.4 Å². The fraction of sp³-hybridized carbons (Fsp3) is 0.545. The van der Waals surface area contributed by atoms with Gasteiger partial charge in [-0.05, 0) is 6.92 Å². The van der Waals surface area contributed by atoms with Gasteiger partial charge in [-0.25, -0.2) is 9.97 Å². The van der Waals surface area contributed by atoms with Crippen molar-refractivity contribution in [1.29, 1.82) is 0 Å². The molecule has 0 spiro atoms. The number of hydrogen-bond acceptors (Lipinski definition) is 7. The van der Waals surface area contributed by atoms with Gasteiger partial charge in [-0.2, -0.15) is 0 Å². The largest absolute Gasteiger partial charge is 0.364 e. The molecule has 0 aliphatic heterocycles. The fourth-order valence-electron chi connectivity index (χ4n) is 1.53. The Morgan fingerprint density at radius 1 is 1.40 bits per heavy atom. The van der Waals surface area contributed by atoms with Gasteiger partial charge < -0.3 is 15.1 Å². The Bertz CT molecular complexity index is 505. The first-order valence-corrected chi connectivity index (χ1v) is 6.03. The Morgan fingerprint density at radius 2 is 2.05 bits per heavy atom. The lowest BCUT2D eigenvalue weighted by Crippen LogP contribution is -2.35. The van der Waals surface area contributed by atoms with Gasteiger partial charge in [-0.15, -0.1) is 0 Å². The van der Waals surface area contributed by atoms with Gasteiger partial charge >= 0.3 is 5.69 Å². The molecule has 110 valence electrons. The zero-order valence-electron chi connectivity index (χ0n) is 12.0. The maximum Gasteiger partial charge on any atom is 0.353 e. The van der Waals surface area contributed by atoms with Crippen LogP contribution in [0.4, 0.5) is 17.3 Å². The molecule has 0 bridgehead atoms. The molecule has 9 nitrogen and oxygen atoms in total. The monoisotopic (exact) mass is 282 g/mol. The first-order chi connectivity index (χ1) is 9.38. The van der Waals surface area contributed by atoms with E-state index in [2.05, 4.69) is 15.3 Å². The van der Waals surface area contributed by atoms with Crippen LogP contribution in [0.25, 0.3) is 0 Å². The Balaban J connectivity index is 3.13. The molecule has 0 aromatic carbocycles. The summed E-state index contributed by atoms with van der Waals surface area (Å²) in [5.41, 5.74) is -0.233. The van der Waals surface area contributed by atoms with Crippen molar-refractivity contribution < 1.29 is 9.72 Å².